The Labute approximate surface area is 531 Å². The number of carbonyl (C=O) groups is 9. The van der Waals surface area contributed by atoms with E-state index in [0.29, 0.717) is 38.5 Å². The smallest absolute Gasteiger partial charge is 0.411 e. The van der Waals surface area contributed by atoms with Gasteiger partial charge >= 0.3 is 48.0 Å². The van der Waals surface area contributed by atoms with Crippen LogP contribution in [0.15, 0.2) is 35.4 Å². The maximum Gasteiger partial charge on any atom is 0.411 e. The number of nitrogens with zero attached hydrogens (tertiary/aromatic N) is 6. The Morgan fingerprint density at radius 1 is 0.556 bits per heavy atom. The standard InChI is InChI=1S/C62H100N6O21Si/c1-21-41(22-2)66(46(72)32-67(42(23-3)24-4)58(76)87-60(10,11)12)33-47(73)79-36-45-50(80-38(8)70)52(49(64-65-63)56(82-45)89-90(19,20)62(16,17)18)86-57-54(85-55(75)40-30-28-27-29-31-40)53(51(81-39(9)71)44(83-57)35-78-37(7)69)84-48(74)34-68(43(25-5)26-6)59(77)88-61(13,14)15/h27-31,41-45,49-54,56-57H,21-26,32-36H2,1-20H3/t44-,45-,49-,50+,51+,52-,53+,54-,56+,57+/m1/s1. The first-order chi connectivity index (χ1) is 41.9. The average Bonchev–Trinajstić information content (AvgIpc) is 0.793. The number of hydrogen-bond acceptors (Lipinski definition) is 22. The predicted octanol–water partition coefficient (Wildman–Crippen LogP) is 9.50. The summed E-state index contributed by atoms with van der Waals surface area (Å²) in [6, 6.07) is 4.45. The van der Waals surface area contributed by atoms with Gasteiger partial charge in [0, 0.05) is 43.8 Å². The van der Waals surface area contributed by atoms with Crippen LogP contribution in [0.1, 0.15) is 174 Å². The molecule has 28 heteroatoms. The van der Waals surface area contributed by atoms with Crippen molar-refractivity contribution >= 4 is 62.2 Å². The van der Waals surface area contributed by atoms with Gasteiger partial charge in [-0.05, 0) is 116 Å². The highest BCUT2D eigenvalue weighted by Crippen LogP contribution is 2.42. The molecule has 0 aromatic heterocycles. The summed E-state index contributed by atoms with van der Waals surface area (Å²) in [6.45, 7) is 30.6. The molecule has 10 atom stereocenters. The number of esters is 6. The number of ether oxygens (including phenoxy) is 11. The Morgan fingerprint density at radius 2 is 1.00 bits per heavy atom. The number of rotatable bonds is 29. The van der Waals surface area contributed by atoms with Crippen molar-refractivity contribution < 1.29 is 99.7 Å². The molecular weight excluding hydrogens is 1190 g/mol. The molecule has 0 radical (unpaired) electrons. The fourth-order valence-corrected chi connectivity index (χ4v) is 11.1. The van der Waals surface area contributed by atoms with E-state index in [4.69, 9.17) is 56.5 Å². The molecule has 3 rings (SSSR count). The van der Waals surface area contributed by atoms with Crippen molar-refractivity contribution in [1.82, 2.24) is 14.7 Å². The molecule has 27 nitrogen and oxygen atoms in total. The predicted molar refractivity (Wildman–Crippen MR) is 328 cm³/mol. The van der Waals surface area contributed by atoms with Crippen LogP contribution in [-0.2, 0) is 85.3 Å². The third-order valence-electron chi connectivity index (χ3n) is 15.5. The number of amides is 3. The van der Waals surface area contributed by atoms with Gasteiger partial charge < -0.3 is 61.4 Å². The minimum absolute atomic E-state index is 0.0336. The van der Waals surface area contributed by atoms with Gasteiger partial charge in [-0.1, -0.05) is 85.6 Å². The Morgan fingerprint density at radius 3 is 1.44 bits per heavy atom. The van der Waals surface area contributed by atoms with Crippen LogP contribution in [0.4, 0.5) is 9.59 Å². The Balaban J connectivity index is 2.38. The van der Waals surface area contributed by atoms with Crippen LogP contribution in [0.2, 0.25) is 18.1 Å². The molecule has 1 aromatic rings. The van der Waals surface area contributed by atoms with Crippen molar-refractivity contribution in [2.24, 2.45) is 5.11 Å². The lowest BCUT2D eigenvalue weighted by atomic mass is 9.95. The Kier molecular flexibility index (Phi) is 30.0. The summed E-state index contributed by atoms with van der Waals surface area (Å²) >= 11 is 0. The Hall–Kier alpha value is -6.58. The molecule has 508 valence electrons. The molecule has 2 fully saturated rings. The zero-order chi connectivity index (χ0) is 68.2. The van der Waals surface area contributed by atoms with E-state index in [1.54, 1.807) is 73.6 Å². The van der Waals surface area contributed by atoms with E-state index in [9.17, 15) is 48.7 Å². The largest absolute Gasteiger partial charge is 0.463 e. The van der Waals surface area contributed by atoms with Crippen molar-refractivity contribution in [3.63, 3.8) is 0 Å². The third-order valence-corrected chi connectivity index (χ3v) is 19.9. The lowest BCUT2D eigenvalue weighted by Gasteiger charge is -2.50. The van der Waals surface area contributed by atoms with Gasteiger partial charge in [0.25, 0.3) is 0 Å². The highest BCUT2D eigenvalue weighted by Gasteiger charge is 2.58. The summed E-state index contributed by atoms with van der Waals surface area (Å²) in [4.78, 5) is 132. The number of carbonyl (C=O) groups excluding carboxylic acids is 9. The zero-order valence-electron chi connectivity index (χ0n) is 56.4. The molecule has 0 saturated carbocycles. The second kappa shape index (κ2) is 34.7. The first-order valence-corrected chi connectivity index (χ1v) is 33.9. The van der Waals surface area contributed by atoms with Gasteiger partial charge in [-0.2, -0.15) is 0 Å². The van der Waals surface area contributed by atoms with E-state index < -0.39 is 185 Å². The second-order valence-electron chi connectivity index (χ2n) is 25.7. The van der Waals surface area contributed by atoms with Gasteiger partial charge in [0.15, 0.2) is 45.3 Å². The van der Waals surface area contributed by atoms with Crippen LogP contribution in [-0.4, -0.2) is 200 Å². The van der Waals surface area contributed by atoms with Gasteiger partial charge in [0.2, 0.25) is 5.91 Å². The van der Waals surface area contributed by atoms with Gasteiger partial charge in [-0.3, -0.25) is 38.6 Å². The van der Waals surface area contributed by atoms with Crippen LogP contribution >= 0.6 is 0 Å². The molecule has 1 aromatic carbocycles. The number of benzene rings is 1. The zero-order valence-corrected chi connectivity index (χ0v) is 57.4. The lowest BCUT2D eigenvalue weighted by Crippen LogP contribution is -2.67. The minimum atomic E-state index is -3.04. The first kappa shape index (κ1) is 77.7. The van der Waals surface area contributed by atoms with Gasteiger partial charge in [-0.25, -0.2) is 14.4 Å². The van der Waals surface area contributed by atoms with E-state index in [1.165, 1.54) is 26.8 Å². The SMILES string of the molecule is CCC(CC)N(CC(=O)OC[C@H]1O[C@@H](O[Si](C)(C)C(C)(C)C)[C@H](N=[N+]=[N-])[C@@H](O[C@@H]2O[C@H](COC(C)=O)[C@H](OC(C)=O)[C@H](OC(=O)CN(C(=O)OC(C)(C)C)C(CC)CC)[C@H]2OC(=O)c2ccccc2)[C@H]1OC(C)=O)C(=O)CN(C(=O)OC(C)(C)C)C(CC)CC. The van der Waals surface area contributed by atoms with Gasteiger partial charge in [0.05, 0.1) is 5.56 Å². The van der Waals surface area contributed by atoms with Crippen LogP contribution in [0.3, 0.4) is 0 Å². The summed E-state index contributed by atoms with van der Waals surface area (Å²) in [7, 11) is -3.04. The highest BCUT2D eigenvalue weighted by atomic mass is 28.4. The molecule has 0 spiro atoms. The summed E-state index contributed by atoms with van der Waals surface area (Å²) in [6.07, 6.45) is -15.2. The van der Waals surface area contributed by atoms with Gasteiger partial charge in [0.1, 0.15) is 68.4 Å². The van der Waals surface area contributed by atoms with Crippen molar-refractivity contribution in [2.75, 3.05) is 32.8 Å². The number of azide groups is 1. The van der Waals surface area contributed by atoms with Crippen LogP contribution in [0.25, 0.3) is 10.4 Å². The molecule has 0 unspecified atom stereocenters. The summed E-state index contributed by atoms with van der Waals surface area (Å²) in [5.41, 5.74) is 8.47. The van der Waals surface area contributed by atoms with Crippen molar-refractivity contribution in [3.05, 3.63) is 46.3 Å². The summed E-state index contributed by atoms with van der Waals surface area (Å²) in [5.74, 6) is -6.43. The molecule has 2 heterocycles. The van der Waals surface area contributed by atoms with Crippen molar-refractivity contribution in [3.8, 4) is 0 Å². The van der Waals surface area contributed by atoms with Crippen molar-refractivity contribution in [1.29, 1.82) is 0 Å². The normalized spacial score (nSPS) is 22.1. The summed E-state index contributed by atoms with van der Waals surface area (Å²) < 4.78 is 73.9. The monoisotopic (exact) mass is 1290 g/mol. The first-order valence-electron chi connectivity index (χ1n) is 31.0. The van der Waals surface area contributed by atoms with Crippen molar-refractivity contribution in [2.45, 2.75) is 272 Å². The molecular formula is C62H100N6O21Si. The van der Waals surface area contributed by atoms with Crippen LogP contribution in [0.5, 0.6) is 0 Å². The second-order valence-corrected chi connectivity index (χ2v) is 30.5. The number of hydrogen-bond donors (Lipinski definition) is 0. The van der Waals surface area contributed by atoms with E-state index in [0.717, 1.165) is 20.8 Å². The quantitative estimate of drug-likeness (QED) is 0.0180. The molecule has 0 bridgehead atoms. The third kappa shape index (κ3) is 23.3. The van der Waals surface area contributed by atoms with E-state index in [1.807, 2.05) is 61.6 Å². The van der Waals surface area contributed by atoms with E-state index in [-0.39, 0.29) is 11.6 Å². The fraction of sp³-hybridized carbons (Fsp3) is 0.758. The minimum Gasteiger partial charge on any atom is -0.463 e. The Bertz CT molecular complexity index is 2610. The van der Waals surface area contributed by atoms with E-state index >= 15 is 0 Å². The van der Waals surface area contributed by atoms with Gasteiger partial charge in [-0.15, -0.1) is 0 Å². The topological polar surface area (TPSA) is 323 Å². The highest BCUT2D eigenvalue weighted by molar-refractivity contribution is 6.74. The van der Waals surface area contributed by atoms with E-state index in [2.05, 4.69) is 10.0 Å². The summed E-state index contributed by atoms with van der Waals surface area (Å²) in [5, 5.41) is 3.54. The van der Waals surface area contributed by atoms with Crippen LogP contribution < -0.4 is 0 Å². The fourth-order valence-electron chi connectivity index (χ4n) is 9.96. The molecule has 2 aliphatic heterocycles. The lowest BCUT2D eigenvalue weighted by molar-refractivity contribution is -0.340. The molecule has 2 aliphatic rings. The average molecular weight is 1290 g/mol. The maximum atomic E-state index is 14.7. The molecule has 90 heavy (non-hydrogen) atoms. The molecule has 0 N–H and O–H groups in total. The molecule has 3 amide bonds. The molecule has 2 saturated heterocycles. The molecule has 0 aliphatic carbocycles. The van der Waals surface area contributed by atoms with Crippen LogP contribution in [0, 0.1) is 0 Å². The maximum absolute atomic E-state index is 14.7.